The zero-order valence-corrected chi connectivity index (χ0v) is 18.2. The van der Waals surface area contributed by atoms with Crippen LogP contribution in [-0.4, -0.2) is 62.5 Å². The highest BCUT2D eigenvalue weighted by Gasteiger charge is 2.37. The van der Waals surface area contributed by atoms with Gasteiger partial charge < -0.3 is 15.1 Å². The maximum atomic E-state index is 13.3. The van der Waals surface area contributed by atoms with E-state index in [0.29, 0.717) is 38.3 Å². The number of carbonyl (C=O) groups is 3. The van der Waals surface area contributed by atoms with E-state index in [1.807, 2.05) is 35.2 Å². The zero-order chi connectivity index (χ0) is 22.1. The third-order valence-corrected chi connectivity index (χ3v) is 6.51. The minimum absolute atomic E-state index is 0.0635. The van der Waals surface area contributed by atoms with Crippen LogP contribution in [0.2, 0.25) is 0 Å². The van der Waals surface area contributed by atoms with Crippen molar-refractivity contribution in [2.75, 3.05) is 13.1 Å². The van der Waals surface area contributed by atoms with Crippen LogP contribution >= 0.6 is 0 Å². The molecule has 0 radical (unpaired) electrons. The van der Waals surface area contributed by atoms with Crippen molar-refractivity contribution in [3.05, 3.63) is 53.3 Å². The normalized spacial score (nSPS) is 21.1. The molecule has 1 aromatic carbocycles. The van der Waals surface area contributed by atoms with Crippen molar-refractivity contribution < 1.29 is 14.4 Å². The Labute approximate surface area is 187 Å². The molecule has 2 aliphatic heterocycles. The third-order valence-electron chi connectivity index (χ3n) is 6.51. The number of aryl methyl sites for hydroxylation is 1. The van der Waals surface area contributed by atoms with Crippen LogP contribution in [0.5, 0.6) is 0 Å². The molecule has 1 N–H and O–H groups in total. The first kappa shape index (κ1) is 20.7. The van der Waals surface area contributed by atoms with Crippen LogP contribution in [0.15, 0.2) is 36.4 Å². The number of benzene rings is 1. The summed E-state index contributed by atoms with van der Waals surface area (Å²) < 4.78 is 1.66. The molecule has 8 nitrogen and oxygen atoms in total. The highest BCUT2D eigenvalue weighted by molar-refractivity contribution is 5.99. The van der Waals surface area contributed by atoms with Crippen molar-refractivity contribution in [3.63, 3.8) is 0 Å². The Morgan fingerprint density at radius 2 is 1.81 bits per heavy atom. The molecule has 3 amide bonds. The highest BCUT2D eigenvalue weighted by atomic mass is 16.2. The lowest BCUT2D eigenvalue weighted by molar-refractivity contribution is -0.126. The molecule has 3 aliphatic rings. The van der Waals surface area contributed by atoms with Gasteiger partial charge in [0, 0.05) is 38.3 Å². The van der Waals surface area contributed by atoms with E-state index in [-0.39, 0.29) is 29.5 Å². The molecule has 8 heteroatoms. The molecule has 1 aliphatic carbocycles. The van der Waals surface area contributed by atoms with E-state index in [2.05, 4.69) is 10.4 Å². The average Bonchev–Trinajstić information content (AvgIpc) is 3.56. The summed E-state index contributed by atoms with van der Waals surface area (Å²) in [5.41, 5.74) is 1.77. The molecule has 0 spiro atoms. The quantitative estimate of drug-likeness (QED) is 0.780. The summed E-state index contributed by atoms with van der Waals surface area (Å²) in [4.78, 5) is 42.8. The maximum absolute atomic E-state index is 13.3. The molecule has 5 rings (SSSR count). The number of hydrogen-bond acceptors (Lipinski definition) is 4. The summed E-state index contributed by atoms with van der Waals surface area (Å²) in [6.07, 6.45) is 5.28. The smallest absolute Gasteiger partial charge is 0.275 e. The molecular weight excluding hydrogens is 406 g/mol. The average molecular weight is 436 g/mol. The van der Waals surface area contributed by atoms with E-state index >= 15 is 0 Å². The Bertz CT molecular complexity index is 1010. The van der Waals surface area contributed by atoms with E-state index in [0.717, 1.165) is 37.7 Å². The molecule has 2 aromatic rings. The predicted molar refractivity (Wildman–Crippen MR) is 118 cm³/mol. The number of amides is 3. The van der Waals surface area contributed by atoms with Crippen LogP contribution in [0, 0.1) is 0 Å². The van der Waals surface area contributed by atoms with Crippen molar-refractivity contribution in [2.24, 2.45) is 0 Å². The molecule has 0 unspecified atom stereocenters. The fourth-order valence-electron chi connectivity index (χ4n) is 4.61. The van der Waals surface area contributed by atoms with Gasteiger partial charge in [-0.1, -0.05) is 30.3 Å². The summed E-state index contributed by atoms with van der Waals surface area (Å²) in [5.74, 6) is -0.436. The number of piperidine rings is 1. The Morgan fingerprint density at radius 1 is 1.00 bits per heavy atom. The summed E-state index contributed by atoms with van der Waals surface area (Å²) >= 11 is 0. The SMILES string of the molecule is O=C(NC1CC1)[C@@H]1CCCCN1C(=O)c1cc2n(n1)CCCN(Cc1ccccc1)C2=O. The van der Waals surface area contributed by atoms with Gasteiger partial charge in [0.25, 0.3) is 11.8 Å². The first-order valence-electron chi connectivity index (χ1n) is 11.6. The van der Waals surface area contributed by atoms with Crippen LogP contribution in [0.3, 0.4) is 0 Å². The van der Waals surface area contributed by atoms with E-state index in [1.54, 1.807) is 15.6 Å². The van der Waals surface area contributed by atoms with Crippen molar-refractivity contribution in [1.82, 2.24) is 24.9 Å². The minimum Gasteiger partial charge on any atom is -0.352 e. The van der Waals surface area contributed by atoms with Gasteiger partial charge in [-0.05, 0) is 44.1 Å². The molecule has 32 heavy (non-hydrogen) atoms. The van der Waals surface area contributed by atoms with Crippen molar-refractivity contribution >= 4 is 17.7 Å². The molecule has 1 saturated heterocycles. The molecule has 0 bridgehead atoms. The van der Waals surface area contributed by atoms with Gasteiger partial charge in [0.05, 0.1) is 0 Å². The van der Waals surface area contributed by atoms with Crippen LogP contribution in [0.1, 0.15) is 65.1 Å². The number of carbonyl (C=O) groups excluding carboxylic acids is 3. The lowest BCUT2D eigenvalue weighted by Crippen LogP contribution is -2.52. The molecule has 1 aromatic heterocycles. The Hall–Kier alpha value is -3.16. The second-order valence-electron chi connectivity index (χ2n) is 9.00. The van der Waals surface area contributed by atoms with Gasteiger partial charge in [-0.3, -0.25) is 19.1 Å². The van der Waals surface area contributed by atoms with E-state index in [1.165, 1.54) is 0 Å². The van der Waals surface area contributed by atoms with Crippen molar-refractivity contribution in [1.29, 1.82) is 0 Å². The lowest BCUT2D eigenvalue weighted by Gasteiger charge is -2.34. The number of nitrogens with zero attached hydrogens (tertiary/aromatic N) is 4. The number of likely N-dealkylation sites (tertiary alicyclic amines) is 1. The van der Waals surface area contributed by atoms with E-state index in [4.69, 9.17) is 0 Å². The third kappa shape index (κ3) is 4.26. The largest absolute Gasteiger partial charge is 0.352 e. The highest BCUT2D eigenvalue weighted by Crippen LogP contribution is 2.24. The van der Waals surface area contributed by atoms with Crippen molar-refractivity contribution in [2.45, 2.75) is 63.7 Å². The molecule has 3 heterocycles. The number of nitrogens with one attached hydrogen (secondary N) is 1. The topological polar surface area (TPSA) is 87.5 Å². The van der Waals surface area contributed by atoms with Gasteiger partial charge in [-0.2, -0.15) is 5.10 Å². The van der Waals surface area contributed by atoms with Gasteiger partial charge >= 0.3 is 0 Å². The second kappa shape index (κ2) is 8.76. The van der Waals surface area contributed by atoms with Crippen LogP contribution in [0.4, 0.5) is 0 Å². The lowest BCUT2D eigenvalue weighted by atomic mass is 10.0. The first-order valence-corrected chi connectivity index (χ1v) is 11.6. The van der Waals surface area contributed by atoms with Crippen LogP contribution in [0.25, 0.3) is 0 Å². The van der Waals surface area contributed by atoms with Crippen LogP contribution < -0.4 is 5.32 Å². The van der Waals surface area contributed by atoms with Gasteiger partial charge in [0.15, 0.2) is 5.69 Å². The molecule has 1 saturated carbocycles. The fraction of sp³-hybridized carbons (Fsp3) is 0.500. The number of fused-ring (bicyclic) bond motifs is 1. The van der Waals surface area contributed by atoms with Gasteiger partial charge in [-0.25, -0.2) is 0 Å². The maximum Gasteiger partial charge on any atom is 0.275 e. The second-order valence-corrected chi connectivity index (χ2v) is 9.00. The molecular formula is C24H29N5O3. The predicted octanol–water partition coefficient (Wildman–Crippen LogP) is 2.20. The van der Waals surface area contributed by atoms with E-state index < -0.39 is 6.04 Å². The summed E-state index contributed by atoms with van der Waals surface area (Å²) in [5, 5.41) is 7.52. The standard InChI is InChI=1S/C24H29N5O3/c30-22(25-18-10-11-18)20-9-4-5-13-28(20)23(31)19-15-21-24(32)27(12-6-14-29(21)26-19)16-17-7-2-1-3-8-17/h1-3,7-8,15,18,20H,4-6,9-14,16H2,(H,25,30)/t20-/m0/s1. The monoisotopic (exact) mass is 435 g/mol. The van der Waals surface area contributed by atoms with Crippen LogP contribution in [-0.2, 0) is 17.9 Å². The molecule has 2 fully saturated rings. The summed E-state index contributed by atoms with van der Waals surface area (Å²) in [7, 11) is 0. The Morgan fingerprint density at radius 3 is 2.59 bits per heavy atom. The Balaban J connectivity index is 1.34. The number of aromatic nitrogens is 2. The minimum atomic E-state index is -0.455. The zero-order valence-electron chi connectivity index (χ0n) is 18.2. The number of rotatable bonds is 5. The molecule has 1 atom stereocenters. The Kier molecular flexibility index (Phi) is 5.68. The summed E-state index contributed by atoms with van der Waals surface area (Å²) in [6.45, 7) is 2.31. The van der Waals surface area contributed by atoms with Gasteiger partial charge in [0.1, 0.15) is 11.7 Å². The van der Waals surface area contributed by atoms with Gasteiger partial charge in [-0.15, -0.1) is 0 Å². The van der Waals surface area contributed by atoms with Crippen molar-refractivity contribution in [3.8, 4) is 0 Å². The molecule has 168 valence electrons. The first-order chi connectivity index (χ1) is 15.6. The van der Waals surface area contributed by atoms with Gasteiger partial charge in [0.2, 0.25) is 5.91 Å². The number of hydrogen-bond donors (Lipinski definition) is 1. The fourth-order valence-corrected chi connectivity index (χ4v) is 4.61. The summed E-state index contributed by atoms with van der Waals surface area (Å²) in [6, 6.07) is 11.3. The van der Waals surface area contributed by atoms with E-state index in [9.17, 15) is 14.4 Å².